The van der Waals surface area contributed by atoms with Crippen LogP contribution in [-0.4, -0.2) is 57.4 Å². The first kappa shape index (κ1) is 20.8. The van der Waals surface area contributed by atoms with Crippen LogP contribution in [0.1, 0.15) is 31.4 Å². The van der Waals surface area contributed by atoms with Crippen LogP contribution in [0.2, 0.25) is 0 Å². The molecule has 1 N–H and O–H groups in total. The lowest BCUT2D eigenvalue weighted by molar-refractivity contribution is 0.0384. The highest BCUT2D eigenvalue weighted by Gasteiger charge is 2.22. The summed E-state index contributed by atoms with van der Waals surface area (Å²) in [6, 6.07) is 19.2. The van der Waals surface area contributed by atoms with Crippen LogP contribution in [0.15, 0.2) is 54.6 Å². The van der Waals surface area contributed by atoms with Gasteiger partial charge in [0.1, 0.15) is 5.75 Å². The van der Waals surface area contributed by atoms with E-state index in [0.717, 1.165) is 64.7 Å². The van der Waals surface area contributed by atoms with Gasteiger partial charge in [0.05, 0.1) is 19.8 Å². The average Bonchev–Trinajstić information content (AvgIpc) is 2.75. The van der Waals surface area contributed by atoms with Crippen molar-refractivity contribution in [3.8, 4) is 5.75 Å². The van der Waals surface area contributed by atoms with Crippen molar-refractivity contribution in [1.29, 1.82) is 0 Å². The molecule has 0 amide bonds. The van der Waals surface area contributed by atoms with E-state index in [2.05, 4.69) is 78.7 Å². The Hall–Kier alpha value is -1.88. The molecular formula is C24H34N2O2. The summed E-state index contributed by atoms with van der Waals surface area (Å²) in [5.41, 5.74) is 2.62. The molecule has 4 heteroatoms. The van der Waals surface area contributed by atoms with E-state index in [-0.39, 0.29) is 5.41 Å². The van der Waals surface area contributed by atoms with Gasteiger partial charge in [-0.05, 0) is 36.2 Å². The van der Waals surface area contributed by atoms with Crippen molar-refractivity contribution in [3.63, 3.8) is 0 Å². The van der Waals surface area contributed by atoms with E-state index < -0.39 is 0 Å². The Morgan fingerprint density at radius 3 is 2.32 bits per heavy atom. The van der Waals surface area contributed by atoms with Crippen molar-refractivity contribution >= 4 is 0 Å². The first-order valence-electron chi connectivity index (χ1n) is 10.5. The fourth-order valence-corrected chi connectivity index (χ4v) is 3.56. The lowest BCUT2D eigenvalue weighted by Crippen LogP contribution is -2.40. The maximum Gasteiger partial charge on any atom is 0.119 e. The summed E-state index contributed by atoms with van der Waals surface area (Å²) in [6.07, 6.45) is 1.01. The minimum absolute atomic E-state index is 0.00973. The molecule has 2 aromatic rings. The fourth-order valence-electron chi connectivity index (χ4n) is 3.56. The number of hydrogen-bond acceptors (Lipinski definition) is 4. The van der Waals surface area contributed by atoms with Gasteiger partial charge < -0.3 is 14.8 Å². The van der Waals surface area contributed by atoms with Gasteiger partial charge in [-0.1, -0.05) is 56.3 Å². The van der Waals surface area contributed by atoms with Crippen LogP contribution in [0.4, 0.5) is 0 Å². The van der Waals surface area contributed by atoms with Gasteiger partial charge >= 0.3 is 0 Å². The van der Waals surface area contributed by atoms with Gasteiger partial charge in [-0.2, -0.15) is 0 Å². The van der Waals surface area contributed by atoms with Crippen molar-refractivity contribution < 1.29 is 9.47 Å². The molecule has 0 radical (unpaired) electrons. The first-order chi connectivity index (χ1) is 13.7. The maximum absolute atomic E-state index is 5.91. The molecule has 1 aliphatic heterocycles. The summed E-state index contributed by atoms with van der Waals surface area (Å²) >= 11 is 0. The molecule has 0 saturated carbocycles. The summed E-state index contributed by atoms with van der Waals surface area (Å²) in [5.74, 6) is 0.945. The van der Waals surface area contributed by atoms with Gasteiger partial charge in [-0.25, -0.2) is 0 Å². The lowest BCUT2D eigenvalue weighted by atomic mass is 9.78. The zero-order valence-corrected chi connectivity index (χ0v) is 17.3. The Balaban J connectivity index is 1.34. The molecule has 1 fully saturated rings. The second-order valence-electron chi connectivity index (χ2n) is 7.92. The molecule has 28 heavy (non-hydrogen) atoms. The van der Waals surface area contributed by atoms with Crippen molar-refractivity contribution in [2.75, 3.05) is 52.5 Å². The van der Waals surface area contributed by atoms with Gasteiger partial charge in [-0.15, -0.1) is 0 Å². The number of nitrogens with zero attached hydrogens (tertiary/aromatic N) is 1. The number of hydrogen-bond donors (Lipinski definition) is 1. The van der Waals surface area contributed by atoms with Crippen LogP contribution >= 0.6 is 0 Å². The van der Waals surface area contributed by atoms with E-state index in [0.29, 0.717) is 0 Å². The van der Waals surface area contributed by atoms with Gasteiger partial charge in [0.15, 0.2) is 0 Å². The van der Waals surface area contributed by atoms with Crippen molar-refractivity contribution in [1.82, 2.24) is 10.2 Å². The average molecular weight is 383 g/mol. The number of morpholine rings is 1. The third-order valence-corrected chi connectivity index (χ3v) is 5.55. The summed E-state index contributed by atoms with van der Waals surface area (Å²) in [5, 5.41) is 3.50. The van der Waals surface area contributed by atoms with E-state index in [1.807, 2.05) is 0 Å². The molecule has 0 bridgehead atoms. The smallest absolute Gasteiger partial charge is 0.119 e. The molecule has 0 spiro atoms. The van der Waals surface area contributed by atoms with Gasteiger partial charge in [0.2, 0.25) is 0 Å². The second kappa shape index (κ2) is 10.6. The third-order valence-electron chi connectivity index (χ3n) is 5.55. The molecule has 1 aliphatic rings. The monoisotopic (exact) mass is 382 g/mol. The van der Waals surface area contributed by atoms with E-state index in [1.165, 1.54) is 11.1 Å². The molecule has 1 saturated heterocycles. The van der Waals surface area contributed by atoms with Crippen molar-refractivity contribution in [3.05, 3.63) is 65.7 Å². The van der Waals surface area contributed by atoms with Gasteiger partial charge in [-0.3, -0.25) is 4.90 Å². The summed E-state index contributed by atoms with van der Waals surface area (Å²) in [4.78, 5) is 2.45. The largest absolute Gasteiger partial charge is 0.494 e. The van der Waals surface area contributed by atoms with E-state index in [9.17, 15) is 0 Å². The highest BCUT2D eigenvalue weighted by atomic mass is 16.5. The minimum Gasteiger partial charge on any atom is -0.494 e. The van der Waals surface area contributed by atoms with Crippen LogP contribution in [0, 0.1) is 0 Å². The SMILES string of the molecule is CC(C)(c1ccccc1)c1ccc(OCCCNCCN2CCOCC2)cc1. The molecule has 152 valence electrons. The minimum atomic E-state index is -0.00973. The predicted molar refractivity (Wildman–Crippen MR) is 115 cm³/mol. The van der Waals surface area contributed by atoms with Crippen LogP contribution < -0.4 is 10.1 Å². The molecule has 0 unspecified atom stereocenters. The Morgan fingerprint density at radius 1 is 0.929 bits per heavy atom. The quantitative estimate of drug-likeness (QED) is 0.635. The zero-order valence-electron chi connectivity index (χ0n) is 17.3. The number of ether oxygens (including phenoxy) is 2. The standard InChI is InChI=1S/C24H34N2O2/c1-24(2,21-7-4-3-5-8-21)22-9-11-23(12-10-22)28-18-6-13-25-14-15-26-16-19-27-20-17-26/h3-5,7-12,25H,6,13-20H2,1-2H3. The molecule has 2 aromatic carbocycles. The first-order valence-corrected chi connectivity index (χ1v) is 10.5. The molecular weight excluding hydrogens is 348 g/mol. The highest BCUT2D eigenvalue weighted by molar-refractivity contribution is 5.39. The lowest BCUT2D eigenvalue weighted by Gasteiger charge is -2.26. The fraction of sp³-hybridized carbons (Fsp3) is 0.500. The number of nitrogens with one attached hydrogen (secondary N) is 1. The van der Waals surface area contributed by atoms with Crippen molar-refractivity contribution in [2.45, 2.75) is 25.7 Å². The van der Waals surface area contributed by atoms with Crippen LogP contribution in [0.5, 0.6) is 5.75 Å². The molecule has 0 aliphatic carbocycles. The second-order valence-corrected chi connectivity index (χ2v) is 7.92. The van der Waals surface area contributed by atoms with Gasteiger partial charge in [0, 0.05) is 31.6 Å². The van der Waals surface area contributed by atoms with Crippen LogP contribution in [0.3, 0.4) is 0 Å². The molecule has 0 atom stereocenters. The summed E-state index contributed by atoms with van der Waals surface area (Å²) in [6.45, 7) is 12.2. The third kappa shape index (κ3) is 6.06. The Bertz CT molecular complexity index is 680. The van der Waals surface area contributed by atoms with Crippen LogP contribution in [-0.2, 0) is 10.2 Å². The molecule has 0 aromatic heterocycles. The van der Waals surface area contributed by atoms with E-state index in [1.54, 1.807) is 0 Å². The Morgan fingerprint density at radius 2 is 1.61 bits per heavy atom. The highest BCUT2D eigenvalue weighted by Crippen LogP contribution is 2.32. The van der Waals surface area contributed by atoms with E-state index >= 15 is 0 Å². The van der Waals surface area contributed by atoms with Crippen molar-refractivity contribution in [2.24, 2.45) is 0 Å². The number of rotatable bonds is 10. The topological polar surface area (TPSA) is 33.7 Å². The molecule has 1 heterocycles. The summed E-state index contributed by atoms with van der Waals surface area (Å²) in [7, 11) is 0. The number of benzene rings is 2. The Labute approximate surface area is 169 Å². The normalized spacial score (nSPS) is 15.5. The Kier molecular flexibility index (Phi) is 7.90. The van der Waals surface area contributed by atoms with E-state index in [4.69, 9.17) is 9.47 Å². The molecule has 3 rings (SSSR count). The van der Waals surface area contributed by atoms with Gasteiger partial charge in [0.25, 0.3) is 0 Å². The maximum atomic E-state index is 5.91. The van der Waals surface area contributed by atoms with Crippen LogP contribution in [0.25, 0.3) is 0 Å². The zero-order chi connectivity index (χ0) is 19.7. The molecule has 4 nitrogen and oxygen atoms in total. The summed E-state index contributed by atoms with van der Waals surface area (Å²) < 4.78 is 11.3. The predicted octanol–water partition coefficient (Wildman–Crippen LogP) is 3.70.